The highest BCUT2D eigenvalue weighted by Gasteiger charge is 2.42. The van der Waals surface area contributed by atoms with Crippen LogP contribution in [0.4, 0.5) is 10.7 Å². The number of urea groups is 1. The molecular formula is C34H44N6O4S. The number of carbonyl (C=O) groups is 1. The van der Waals surface area contributed by atoms with E-state index in [0.29, 0.717) is 37.2 Å². The number of piperazine rings is 1. The lowest BCUT2D eigenvalue weighted by atomic mass is 9.71. The predicted octanol–water partition coefficient (Wildman–Crippen LogP) is 5.00. The molecule has 6 rings (SSSR count). The van der Waals surface area contributed by atoms with Crippen LogP contribution in [0.25, 0.3) is 11.3 Å². The molecule has 11 heteroatoms. The number of ether oxygens (including phenoxy) is 1. The second-order valence-corrected chi connectivity index (χ2v) is 15.0. The average Bonchev–Trinajstić information content (AvgIpc) is 2.96. The Morgan fingerprint density at radius 1 is 0.978 bits per heavy atom. The topological polar surface area (TPSA) is 108 Å². The Bertz CT molecular complexity index is 1640. The summed E-state index contributed by atoms with van der Waals surface area (Å²) in [5.41, 5.74) is 4.54. The molecule has 2 atom stereocenters. The normalized spacial score (nSPS) is 22.1. The number of nitrogens with zero attached hydrogens (tertiary/aromatic N) is 5. The summed E-state index contributed by atoms with van der Waals surface area (Å²) in [5.74, 6) is 0.939. The molecule has 0 radical (unpaired) electrons. The fraction of sp³-hybridized carbons (Fsp3) is 0.500. The van der Waals surface area contributed by atoms with Gasteiger partial charge in [-0.1, -0.05) is 44.2 Å². The van der Waals surface area contributed by atoms with Gasteiger partial charge in [-0.15, -0.1) is 0 Å². The van der Waals surface area contributed by atoms with Gasteiger partial charge >= 0.3 is 6.03 Å². The van der Waals surface area contributed by atoms with Crippen molar-refractivity contribution in [3.63, 3.8) is 0 Å². The van der Waals surface area contributed by atoms with E-state index in [9.17, 15) is 13.2 Å². The number of rotatable bonds is 4. The number of hydrogen-bond donors (Lipinski definition) is 1. The third-order valence-corrected chi connectivity index (χ3v) is 10.7. The molecule has 3 aliphatic rings. The third kappa shape index (κ3) is 6.65. The van der Waals surface area contributed by atoms with Gasteiger partial charge < -0.3 is 19.4 Å². The Hall–Kier alpha value is -3.70. The third-order valence-electron chi connectivity index (χ3n) is 9.41. The van der Waals surface area contributed by atoms with Crippen molar-refractivity contribution in [2.75, 3.05) is 57.6 Å². The Morgan fingerprint density at radius 2 is 1.67 bits per heavy atom. The number of likely N-dealkylation sites (N-methyl/N-ethyl adjacent to an activating group) is 1. The molecule has 3 aromatic rings. The number of aryl methyl sites for hydroxylation is 2. The van der Waals surface area contributed by atoms with Crippen LogP contribution in [0.2, 0.25) is 0 Å². The lowest BCUT2D eigenvalue weighted by Gasteiger charge is -2.48. The number of aromatic nitrogens is 2. The number of benzene rings is 2. The molecule has 2 aromatic carbocycles. The first kappa shape index (κ1) is 31.3. The van der Waals surface area contributed by atoms with Crippen molar-refractivity contribution in [2.45, 2.75) is 44.9 Å². The summed E-state index contributed by atoms with van der Waals surface area (Å²) in [6.07, 6.45) is 0.879. The highest BCUT2D eigenvalue weighted by molar-refractivity contribution is 7.92. The highest BCUT2D eigenvalue weighted by Crippen LogP contribution is 2.42. The van der Waals surface area contributed by atoms with Crippen LogP contribution >= 0.6 is 0 Å². The minimum Gasteiger partial charge on any atom is -0.477 e. The van der Waals surface area contributed by atoms with Crippen LogP contribution in [0.3, 0.4) is 0 Å². The van der Waals surface area contributed by atoms with Crippen LogP contribution in [0.15, 0.2) is 53.4 Å². The molecule has 2 saturated heterocycles. The van der Waals surface area contributed by atoms with Gasteiger partial charge in [0, 0.05) is 62.7 Å². The van der Waals surface area contributed by atoms with E-state index in [0.717, 1.165) is 54.9 Å². The van der Waals surface area contributed by atoms with Gasteiger partial charge in [-0.25, -0.2) is 22.9 Å². The molecule has 0 aliphatic carbocycles. The molecule has 3 aliphatic heterocycles. The van der Waals surface area contributed by atoms with Crippen LogP contribution in [0.1, 0.15) is 42.9 Å². The lowest BCUT2D eigenvalue weighted by Crippen LogP contribution is -2.59. The van der Waals surface area contributed by atoms with E-state index in [-0.39, 0.29) is 34.6 Å². The van der Waals surface area contributed by atoms with Gasteiger partial charge in [0.05, 0.1) is 17.2 Å². The summed E-state index contributed by atoms with van der Waals surface area (Å²) in [4.78, 5) is 28.8. The van der Waals surface area contributed by atoms with Crippen LogP contribution in [0, 0.1) is 31.6 Å². The van der Waals surface area contributed by atoms with Crippen molar-refractivity contribution in [1.29, 1.82) is 0 Å². The lowest BCUT2D eigenvalue weighted by molar-refractivity contribution is 0.0466. The first-order valence-corrected chi connectivity index (χ1v) is 17.4. The van der Waals surface area contributed by atoms with Crippen molar-refractivity contribution in [3.05, 3.63) is 65.2 Å². The number of fused-ring (bicyclic) bond motifs is 4. The van der Waals surface area contributed by atoms with E-state index in [2.05, 4.69) is 40.5 Å². The molecule has 1 aromatic heterocycles. The Labute approximate surface area is 266 Å². The number of hydrogen-bond acceptors (Lipinski definition) is 7. The van der Waals surface area contributed by atoms with Gasteiger partial charge in [0.2, 0.25) is 11.8 Å². The van der Waals surface area contributed by atoms with E-state index in [1.54, 1.807) is 24.3 Å². The van der Waals surface area contributed by atoms with Crippen LogP contribution in [-0.4, -0.2) is 92.0 Å². The summed E-state index contributed by atoms with van der Waals surface area (Å²) < 4.78 is 36.6. The molecule has 4 heterocycles. The minimum atomic E-state index is -3.99. The van der Waals surface area contributed by atoms with Gasteiger partial charge in [-0.3, -0.25) is 0 Å². The minimum absolute atomic E-state index is 0.00194. The van der Waals surface area contributed by atoms with Crippen molar-refractivity contribution in [1.82, 2.24) is 24.7 Å². The summed E-state index contributed by atoms with van der Waals surface area (Å²) in [6.45, 7) is 13.3. The van der Waals surface area contributed by atoms with Crippen LogP contribution < -0.4 is 9.46 Å². The Balaban J connectivity index is 1.36. The first-order valence-electron chi connectivity index (χ1n) is 15.9. The number of likely N-dealkylation sites (tertiary alicyclic amines) is 1. The zero-order chi connectivity index (χ0) is 31.9. The highest BCUT2D eigenvalue weighted by atomic mass is 32.2. The van der Waals surface area contributed by atoms with Crippen LogP contribution in [-0.2, 0) is 10.0 Å². The SMILES string of the molecule is Cc1cccc(C)c1-c1cc2nc(n1)NS(=O)(=O)c1cccc(c1)C(C1CN(C(=O)N3CCN(C)CC3)C1)[C@H](CC(C)C)CO2. The molecule has 1 unspecified atom stereocenters. The number of sulfonamides is 1. The van der Waals surface area contributed by atoms with E-state index >= 15 is 0 Å². The molecule has 10 nitrogen and oxygen atoms in total. The zero-order valence-corrected chi connectivity index (χ0v) is 27.7. The van der Waals surface area contributed by atoms with Gasteiger partial charge in [0.15, 0.2) is 0 Å². The Kier molecular flexibility index (Phi) is 8.76. The molecule has 240 valence electrons. The van der Waals surface area contributed by atoms with Crippen molar-refractivity contribution in [2.24, 2.45) is 17.8 Å². The molecular weight excluding hydrogens is 588 g/mol. The summed E-state index contributed by atoms with van der Waals surface area (Å²) in [7, 11) is -1.91. The summed E-state index contributed by atoms with van der Waals surface area (Å²) in [5, 5.41) is 0. The second-order valence-electron chi connectivity index (χ2n) is 13.3. The van der Waals surface area contributed by atoms with Gasteiger partial charge in [-0.05, 0) is 68.0 Å². The quantitative estimate of drug-likeness (QED) is 0.432. The van der Waals surface area contributed by atoms with Crippen molar-refractivity contribution >= 4 is 22.0 Å². The molecule has 4 bridgehead atoms. The van der Waals surface area contributed by atoms with Gasteiger partial charge in [-0.2, -0.15) is 4.98 Å². The molecule has 0 spiro atoms. The molecule has 45 heavy (non-hydrogen) atoms. The van der Waals surface area contributed by atoms with E-state index < -0.39 is 10.0 Å². The maximum Gasteiger partial charge on any atom is 0.320 e. The fourth-order valence-electron chi connectivity index (χ4n) is 7.10. The first-order chi connectivity index (χ1) is 21.5. The average molecular weight is 633 g/mol. The van der Waals surface area contributed by atoms with Gasteiger partial charge in [0.25, 0.3) is 10.0 Å². The molecule has 2 fully saturated rings. The van der Waals surface area contributed by atoms with Crippen molar-refractivity contribution in [3.8, 4) is 17.1 Å². The summed E-state index contributed by atoms with van der Waals surface area (Å²) in [6, 6.07) is 15.1. The monoisotopic (exact) mass is 632 g/mol. The van der Waals surface area contributed by atoms with E-state index in [4.69, 9.17) is 4.74 Å². The molecule has 0 saturated carbocycles. The summed E-state index contributed by atoms with van der Waals surface area (Å²) >= 11 is 0. The number of anilines is 1. The Morgan fingerprint density at radius 3 is 2.36 bits per heavy atom. The predicted molar refractivity (Wildman–Crippen MR) is 175 cm³/mol. The largest absolute Gasteiger partial charge is 0.477 e. The maximum atomic E-state index is 13.7. The van der Waals surface area contributed by atoms with Gasteiger partial charge in [0.1, 0.15) is 0 Å². The second kappa shape index (κ2) is 12.6. The number of nitrogens with one attached hydrogen (secondary N) is 1. The maximum absolute atomic E-state index is 13.7. The molecule has 1 N–H and O–H groups in total. The molecule has 2 amide bonds. The number of carbonyl (C=O) groups excluding carboxylic acids is 1. The van der Waals surface area contributed by atoms with E-state index in [1.165, 1.54) is 0 Å². The van der Waals surface area contributed by atoms with Crippen molar-refractivity contribution < 1.29 is 17.9 Å². The standard InChI is InChI=1S/C34H44N6O4S/c1-22(2)16-26-21-44-30-18-29(31-23(3)8-6-9-24(31)4)35-33(36-30)37-45(42,43)28-11-7-10-25(17-28)32(26)27-19-40(20-27)34(41)39-14-12-38(5)13-15-39/h6-11,17-18,22,26-27,32H,12-16,19-21H2,1-5H3,(H,35,36,37)/t26-,32?/m1/s1. The number of amides is 2. The van der Waals surface area contributed by atoms with E-state index in [1.807, 2.05) is 47.9 Å². The smallest absolute Gasteiger partial charge is 0.320 e. The zero-order valence-electron chi connectivity index (χ0n) is 26.9. The fourth-order valence-corrected chi connectivity index (χ4v) is 8.10. The van der Waals surface area contributed by atoms with Crippen LogP contribution in [0.5, 0.6) is 5.88 Å².